The van der Waals surface area contributed by atoms with Gasteiger partial charge in [0.2, 0.25) is 5.91 Å². The molecule has 0 unspecified atom stereocenters. The Morgan fingerprint density at radius 1 is 1.31 bits per heavy atom. The topological polar surface area (TPSA) is 45.2 Å². The third-order valence-corrected chi connectivity index (χ3v) is 6.85. The van der Waals surface area contributed by atoms with Gasteiger partial charge in [-0.3, -0.25) is 4.79 Å². The zero-order valence-electron chi connectivity index (χ0n) is 14.9. The summed E-state index contributed by atoms with van der Waals surface area (Å²) in [5.41, 5.74) is 3.28. The lowest BCUT2D eigenvalue weighted by atomic mass is 10.2. The molecular weight excluding hydrogens is 362 g/mol. The standard InChI is InChI=1S/C20H21N3OS2/c1-3-14-11-23(16-6-4-5-7-17(16)25-14)12-19(24)22-20-21-15-9-8-13(2)10-18(15)26-20/h4-10,14H,3,11-12H2,1-2H3,(H,21,22,24)/t14-/m0/s1. The Balaban J connectivity index is 1.50. The summed E-state index contributed by atoms with van der Waals surface area (Å²) in [5.74, 6) is -0.0164. The molecule has 3 aromatic rings. The minimum absolute atomic E-state index is 0.0164. The molecule has 26 heavy (non-hydrogen) atoms. The van der Waals surface area contributed by atoms with Crippen molar-refractivity contribution in [2.24, 2.45) is 0 Å². The Labute approximate surface area is 161 Å². The Bertz CT molecular complexity index is 953. The summed E-state index contributed by atoms with van der Waals surface area (Å²) in [5, 5.41) is 4.17. The molecule has 1 aliphatic heterocycles. The van der Waals surface area contributed by atoms with Crippen molar-refractivity contribution < 1.29 is 4.79 Å². The SMILES string of the molecule is CC[C@H]1CN(CC(=O)Nc2nc3ccc(C)cc3s2)c2ccccc2S1. The number of aryl methyl sites for hydroxylation is 1. The van der Waals surface area contributed by atoms with Crippen LogP contribution in [0.4, 0.5) is 10.8 Å². The molecule has 4 nitrogen and oxygen atoms in total. The first-order chi connectivity index (χ1) is 12.6. The highest BCUT2D eigenvalue weighted by Gasteiger charge is 2.25. The van der Waals surface area contributed by atoms with Gasteiger partial charge in [-0.05, 0) is 43.2 Å². The van der Waals surface area contributed by atoms with Crippen LogP contribution in [0.25, 0.3) is 10.2 Å². The molecular formula is C20H21N3OS2. The van der Waals surface area contributed by atoms with Crippen molar-refractivity contribution in [2.45, 2.75) is 30.4 Å². The number of nitrogens with zero attached hydrogens (tertiary/aromatic N) is 2. The Morgan fingerprint density at radius 2 is 2.15 bits per heavy atom. The number of hydrogen-bond donors (Lipinski definition) is 1. The first kappa shape index (κ1) is 17.4. The number of anilines is 2. The van der Waals surface area contributed by atoms with Gasteiger partial charge in [-0.25, -0.2) is 4.98 Å². The van der Waals surface area contributed by atoms with Crippen molar-refractivity contribution in [1.82, 2.24) is 4.98 Å². The summed E-state index contributed by atoms with van der Waals surface area (Å²) in [7, 11) is 0. The van der Waals surface area contributed by atoms with E-state index in [9.17, 15) is 4.79 Å². The Hall–Kier alpha value is -2.05. The van der Waals surface area contributed by atoms with Gasteiger partial charge in [0, 0.05) is 16.7 Å². The van der Waals surface area contributed by atoms with Crippen LogP contribution in [0.1, 0.15) is 18.9 Å². The fourth-order valence-electron chi connectivity index (χ4n) is 3.16. The number of para-hydroxylation sites is 1. The lowest BCUT2D eigenvalue weighted by molar-refractivity contribution is -0.115. The van der Waals surface area contributed by atoms with Crippen LogP contribution in [0, 0.1) is 6.92 Å². The molecule has 1 N–H and O–H groups in total. The average Bonchev–Trinajstić information content (AvgIpc) is 3.02. The first-order valence-electron chi connectivity index (χ1n) is 8.80. The fraction of sp³-hybridized carbons (Fsp3) is 0.300. The van der Waals surface area contributed by atoms with Crippen LogP contribution < -0.4 is 10.2 Å². The van der Waals surface area contributed by atoms with Crippen LogP contribution in [-0.2, 0) is 4.79 Å². The number of carbonyl (C=O) groups is 1. The highest BCUT2D eigenvalue weighted by Crippen LogP contribution is 2.39. The van der Waals surface area contributed by atoms with Gasteiger partial charge >= 0.3 is 0 Å². The van der Waals surface area contributed by atoms with Crippen LogP contribution in [-0.4, -0.2) is 29.2 Å². The molecule has 2 aromatic carbocycles. The average molecular weight is 384 g/mol. The van der Waals surface area contributed by atoms with E-state index in [-0.39, 0.29) is 5.91 Å². The largest absolute Gasteiger partial charge is 0.360 e. The van der Waals surface area contributed by atoms with Crippen molar-refractivity contribution in [2.75, 3.05) is 23.3 Å². The molecule has 0 bridgehead atoms. The summed E-state index contributed by atoms with van der Waals surface area (Å²) in [6.07, 6.45) is 1.09. The van der Waals surface area contributed by atoms with E-state index >= 15 is 0 Å². The molecule has 1 aliphatic rings. The summed E-state index contributed by atoms with van der Waals surface area (Å²) in [4.78, 5) is 20.6. The molecule has 1 atom stereocenters. The highest BCUT2D eigenvalue weighted by molar-refractivity contribution is 8.00. The van der Waals surface area contributed by atoms with E-state index < -0.39 is 0 Å². The van der Waals surface area contributed by atoms with Crippen molar-refractivity contribution in [3.05, 3.63) is 48.0 Å². The van der Waals surface area contributed by atoms with Crippen molar-refractivity contribution in [3.63, 3.8) is 0 Å². The number of nitrogens with one attached hydrogen (secondary N) is 1. The molecule has 0 spiro atoms. The highest BCUT2D eigenvalue weighted by atomic mass is 32.2. The smallest absolute Gasteiger partial charge is 0.245 e. The predicted octanol–water partition coefficient (Wildman–Crippen LogP) is 4.93. The summed E-state index contributed by atoms with van der Waals surface area (Å²) in [6, 6.07) is 14.5. The van der Waals surface area contributed by atoms with Crippen molar-refractivity contribution in [1.29, 1.82) is 0 Å². The second kappa shape index (κ2) is 7.29. The third kappa shape index (κ3) is 3.57. The van der Waals surface area contributed by atoms with Crippen LogP contribution in [0.15, 0.2) is 47.4 Å². The van der Waals surface area contributed by atoms with Gasteiger partial charge in [0.25, 0.3) is 0 Å². The van der Waals surface area contributed by atoms with Crippen molar-refractivity contribution in [3.8, 4) is 0 Å². The number of amides is 1. The van der Waals surface area contributed by atoms with Crippen LogP contribution >= 0.6 is 23.1 Å². The lowest BCUT2D eigenvalue weighted by Gasteiger charge is -2.34. The maximum atomic E-state index is 12.6. The summed E-state index contributed by atoms with van der Waals surface area (Å²) >= 11 is 3.44. The van der Waals surface area contributed by atoms with E-state index in [1.54, 1.807) is 0 Å². The number of aromatic nitrogens is 1. The van der Waals surface area contributed by atoms with Crippen molar-refractivity contribution >= 4 is 50.0 Å². The Morgan fingerprint density at radius 3 is 3.00 bits per heavy atom. The van der Waals surface area contributed by atoms with Gasteiger partial charge in [0.15, 0.2) is 5.13 Å². The second-order valence-electron chi connectivity index (χ2n) is 6.53. The number of thioether (sulfide) groups is 1. The second-order valence-corrected chi connectivity index (χ2v) is 8.91. The van der Waals surface area contributed by atoms with E-state index in [1.807, 2.05) is 30.0 Å². The Kier molecular flexibility index (Phi) is 4.87. The molecule has 4 rings (SSSR count). The molecule has 0 fully saturated rings. The first-order valence-corrected chi connectivity index (χ1v) is 10.5. The van der Waals surface area contributed by atoms with Gasteiger partial charge in [0.1, 0.15) is 0 Å². The minimum atomic E-state index is -0.0164. The number of carbonyl (C=O) groups excluding carboxylic acids is 1. The molecule has 0 aliphatic carbocycles. The quantitative estimate of drug-likeness (QED) is 0.693. The number of fused-ring (bicyclic) bond motifs is 2. The zero-order valence-corrected chi connectivity index (χ0v) is 16.5. The lowest BCUT2D eigenvalue weighted by Crippen LogP contribution is -2.40. The van der Waals surface area contributed by atoms with E-state index in [0.717, 1.165) is 28.9 Å². The van der Waals surface area contributed by atoms with E-state index in [2.05, 4.69) is 53.3 Å². The summed E-state index contributed by atoms with van der Waals surface area (Å²) in [6.45, 7) is 5.51. The fourth-order valence-corrected chi connectivity index (χ4v) is 5.39. The molecule has 2 heterocycles. The molecule has 134 valence electrons. The molecule has 0 saturated carbocycles. The minimum Gasteiger partial charge on any atom is -0.360 e. The van der Waals surface area contributed by atoms with Gasteiger partial charge < -0.3 is 10.2 Å². The molecule has 1 aromatic heterocycles. The van der Waals surface area contributed by atoms with E-state index in [0.29, 0.717) is 16.9 Å². The van der Waals surface area contributed by atoms with Crippen LogP contribution in [0.2, 0.25) is 0 Å². The summed E-state index contributed by atoms with van der Waals surface area (Å²) < 4.78 is 1.10. The van der Waals surface area contributed by atoms with Crippen LogP contribution in [0.5, 0.6) is 0 Å². The zero-order chi connectivity index (χ0) is 18.1. The van der Waals surface area contributed by atoms with Gasteiger partial charge in [-0.2, -0.15) is 0 Å². The molecule has 6 heteroatoms. The van der Waals surface area contributed by atoms with Gasteiger partial charge in [0.05, 0.1) is 22.4 Å². The predicted molar refractivity (Wildman–Crippen MR) is 112 cm³/mol. The maximum absolute atomic E-state index is 12.6. The van der Waals surface area contributed by atoms with Gasteiger partial charge in [-0.1, -0.05) is 36.5 Å². The monoisotopic (exact) mass is 383 g/mol. The number of hydrogen-bond acceptors (Lipinski definition) is 5. The number of rotatable bonds is 4. The molecule has 0 saturated heterocycles. The molecule has 1 amide bonds. The maximum Gasteiger partial charge on any atom is 0.245 e. The third-order valence-electron chi connectivity index (χ3n) is 4.50. The van der Waals surface area contributed by atoms with E-state index in [1.165, 1.54) is 21.8 Å². The normalized spacial score (nSPS) is 16.5. The van der Waals surface area contributed by atoms with E-state index in [4.69, 9.17) is 0 Å². The number of benzene rings is 2. The van der Waals surface area contributed by atoms with Crippen LogP contribution in [0.3, 0.4) is 0 Å². The number of thiazole rings is 1. The van der Waals surface area contributed by atoms with Gasteiger partial charge in [-0.15, -0.1) is 11.8 Å². The molecule has 0 radical (unpaired) electrons.